The molecule has 1 fully saturated rings. The van der Waals surface area contributed by atoms with Gasteiger partial charge in [-0.1, -0.05) is 6.07 Å². The summed E-state index contributed by atoms with van der Waals surface area (Å²) in [5, 5.41) is 0. The smallest absolute Gasteiger partial charge is 0.227 e. The van der Waals surface area contributed by atoms with E-state index in [2.05, 4.69) is 0 Å². The molecular formula is C21H24F2N2O5S. The molecule has 1 saturated heterocycles. The van der Waals surface area contributed by atoms with Gasteiger partial charge in [0.05, 0.1) is 12.8 Å². The topological polar surface area (TPSA) is 80.1 Å². The lowest BCUT2D eigenvalue weighted by molar-refractivity contribution is 0.0357. The third-order valence-electron chi connectivity index (χ3n) is 5.76. The number of piperidine rings is 1. The van der Waals surface area contributed by atoms with Crippen molar-refractivity contribution in [3.05, 3.63) is 63.5 Å². The average molecular weight is 454 g/mol. The maximum Gasteiger partial charge on any atom is 0.227 e. The van der Waals surface area contributed by atoms with Crippen molar-refractivity contribution in [2.24, 2.45) is 0 Å². The van der Waals surface area contributed by atoms with E-state index in [1.807, 2.05) is 4.90 Å². The molecule has 7 nitrogen and oxygen atoms in total. The van der Waals surface area contributed by atoms with Gasteiger partial charge in [0.1, 0.15) is 30.1 Å². The lowest BCUT2D eigenvalue weighted by Gasteiger charge is -2.34. The minimum absolute atomic E-state index is 0.000396. The Labute approximate surface area is 179 Å². The molecule has 10 heteroatoms. The highest BCUT2D eigenvalue weighted by Crippen LogP contribution is 2.29. The van der Waals surface area contributed by atoms with Crippen molar-refractivity contribution < 1.29 is 26.4 Å². The number of ether oxygens (including phenoxy) is 1. The largest absolute Gasteiger partial charge is 0.483 e. The fourth-order valence-electron chi connectivity index (χ4n) is 3.96. The van der Waals surface area contributed by atoms with Crippen LogP contribution in [0, 0.1) is 5.82 Å². The highest BCUT2D eigenvalue weighted by molar-refractivity contribution is 7.88. The molecule has 4 rings (SSSR count). The first kappa shape index (κ1) is 21.9. The molecule has 0 aliphatic carbocycles. The Morgan fingerprint density at radius 3 is 2.55 bits per heavy atom. The minimum atomic E-state index is -3.35. The van der Waals surface area contributed by atoms with E-state index in [0.717, 1.165) is 17.4 Å². The van der Waals surface area contributed by atoms with Crippen LogP contribution < -0.4 is 10.2 Å². The Morgan fingerprint density at radius 2 is 1.87 bits per heavy atom. The number of rotatable bonds is 6. The van der Waals surface area contributed by atoms with Gasteiger partial charge in [0.2, 0.25) is 21.2 Å². The molecule has 1 aromatic heterocycles. The summed E-state index contributed by atoms with van der Waals surface area (Å²) in [6.45, 7) is 1.38. The van der Waals surface area contributed by atoms with E-state index in [1.165, 1.54) is 28.8 Å². The van der Waals surface area contributed by atoms with Crippen molar-refractivity contribution in [2.45, 2.75) is 38.1 Å². The van der Waals surface area contributed by atoms with E-state index in [1.54, 1.807) is 6.07 Å². The summed E-state index contributed by atoms with van der Waals surface area (Å²) in [5.41, 5.74) is -0.166. The molecular weight excluding hydrogens is 430 g/mol. The molecule has 0 atom stereocenters. The summed E-state index contributed by atoms with van der Waals surface area (Å²) in [7, 11) is -3.35. The third-order valence-corrected chi connectivity index (χ3v) is 7.06. The number of hydrogen-bond donors (Lipinski definition) is 0. The Balaban J connectivity index is 1.33. The first-order valence-corrected chi connectivity index (χ1v) is 11.8. The lowest BCUT2D eigenvalue weighted by atomic mass is 9.95. The minimum Gasteiger partial charge on any atom is -0.483 e. The van der Waals surface area contributed by atoms with Crippen LogP contribution in [0.4, 0.5) is 8.78 Å². The predicted octanol–water partition coefficient (Wildman–Crippen LogP) is 2.44. The molecule has 0 unspecified atom stereocenters. The quantitative estimate of drug-likeness (QED) is 0.667. The lowest BCUT2D eigenvalue weighted by Crippen LogP contribution is -2.46. The summed E-state index contributed by atoms with van der Waals surface area (Å²) in [5.74, 6) is 0.0707. The molecule has 0 N–H and O–H groups in total. The first-order chi connectivity index (χ1) is 14.6. The van der Waals surface area contributed by atoms with E-state index >= 15 is 0 Å². The molecule has 2 aliphatic rings. The van der Waals surface area contributed by atoms with Crippen LogP contribution in [0.5, 0.6) is 5.75 Å². The van der Waals surface area contributed by atoms with Gasteiger partial charge in [0.15, 0.2) is 0 Å². The van der Waals surface area contributed by atoms with Crippen LogP contribution in [0.25, 0.3) is 0 Å². The molecule has 0 bridgehead atoms. The first-order valence-electron chi connectivity index (χ1n) is 10.00. The van der Waals surface area contributed by atoms with Crippen molar-refractivity contribution in [3.8, 4) is 5.75 Å². The molecule has 2 aromatic rings. The van der Waals surface area contributed by atoms with Crippen LogP contribution >= 0.6 is 0 Å². The van der Waals surface area contributed by atoms with Crippen LogP contribution in [0.3, 0.4) is 0 Å². The van der Waals surface area contributed by atoms with E-state index in [-0.39, 0.29) is 44.1 Å². The van der Waals surface area contributed by atoms with Crippen molar-refractivity contribution in [2.75, 3.05) is 26.0 Å². The number of nitrogens with zero attached hydrogens (tertiary/aromatic N) is 2. The zero-order valence-corrected chi connectivity index (χ0v) is 18.0. The third kappa shape index (κ3) is 5.13. The maximum absolute atomic E-state index is 14.9. The second-order valence-electron chi connectivity index (χ2n) is 8.23. The fraction of sp³-hybridized carbons (Fsp3) is 0.476. The Hall–Kier alpha value is -2.30. The fourth-order valence-corrected chi connectivity index (χ4v) is 4.81. The van der Waals surface area contributed by atoms with Gasteiger partial charge in [0.25, 0.3) is 0 Å². The highest BCUT2D eigenvalue weighted by Gasteiger charge is 2.38. The zero-order valence-electron chi connectivity index (χ0n) is 17.1. The maximum atomic E-state index is 14.9. The summed E-state index contributed by atoms with van der Waals surface area (Å²) >= 11 is 0. The summed E-state index contributed by atoms with van der Waals surface area (Å²) < 4.78 is 63.6. The monoisotopic (exact) mass is 454 g/mol. The van der Waals surface area contributed by atoms with Gasteiger partial charge in [0, 0.05) is 32.2 Å². The number of benzene rings is 1. The number of fused-ring (bicyclic) bond motifs is 1. The average Bonchev–Trinajstić information content (AvgIpc) is 3.08. The van der Waals surface area contributed by atoms with Gasteiger partial charge < -0.3 is 9.15 Å². The number of alkyl halides is 1. The normalized spacial score (nSPS) is 19.3. The van der Waals surface area contributed by atoms with E-state index in [0.29, 0.717) is 25.4 Å². The van der Waals surface area contributed by atoms with Crippen molar-refractivity contribution in [3.63, 3.8) is 0 Å². The van der Waals surface area contributed by atoms with Gasteiger partial charge in [-0.25, -0.2) is 21.5 Å². The Kier molecular flexibility index (Phi) is 5.89. The van der Waals surface area contributed by atoms with Gasteiger partial charge >= 0.3 is 0 Å². The summed E-state index contributed by atoms with van der Waals surface area (Å²) in [6.07, 6.45) is 2.27. The SMILES string of the molecule is CS(=O)(=O)N1CCC(F)(COc2coc(CN3Cc4ccc(F)cc4C3)cc2=O)CC1. The highest BCUT2D eigenvalue weighted by atomic mass is 32.2. The molecule has 0 radical (unpaired) electrons. The number of sulfonamides is 1. The second-order valence-corrected chi connectivity index (χ2v) is 10.2. The van der Waals surface area contributed by atoms with E-state index in [4.69, 9.17) is 9.15 Å². The molecule has 1 aromatic carbocycles. The standard InChI is InChI=1S/C21H24F2N2O5S/c1-31(27,28)25-6-4-21(23,5-7-25)14-30-20-13-29-18(9-19(20)26)12-24-10-15-2-3-17(22)8-16(15)11-24/h2-3,8-9,13H,4-7,10-12,14H2,1H3. The molecule has 168 valence electrons. The van der Waals surface area contributed by atoms with Crippen LogP contribution in [0.15, 0.2) is 39.7 Å². The molecule has 3 heterocycles. The zero-order chi connectivity index (χ0) is 22.2. The molecule has 0 spiro atoms. The second kappa shape index (κ2) is 8.33. The number of halogens is 2. The van der Waals surface area contributed by atoms with Crippen molar-refractivity contribution >= 4 is 10.0 Å². The Morgan fingerprint density at radius 1 is 1.16 bits per heavy atom. The van der Waals surface area contributed by atoms with E-state index < -0.39 is 21.1 Å². The van der Waals surface area contributed by atoms with E-state index in [9.17, 15) is 22.0 Å². The van der Waals surface area contributed by atoms with Gasteiger partial charge in [-0.2, -0.15) is 0 Å². The molecule has 2 aliphatic heterocycles. The summed E-state index contributed by atoms with van der Waals surface area (Å²) in [6, 6.07) is 6.01. The molecule has 31 heavy (non-hydrogen) atoms. The number of hydrogen-bond acceptors (Lipinski definition) is 6. The van der Waals surface area contributed by atoms with Crippen LogP contribution in [0.1, 0.15) is 29.7 Å². The van der Waals surface area contributed by atoms with Crippen LogP contribution in [-0.4, -0.2) is 49.2 Å². The van der Waals surface area contributed by atoms with Crippen molar-refractivity contribution in [1.82, 2.24) is 9.21 Å². The van der Waals surface area contributed by atoms with Gasteiger partial charge in [-0.15, -0.1) is 0 Å². The van der Waals surface area contributed by atoms with Crippen molar-refractivity contribution in [1.29, 1.82) is 0 Å². The molecule has 0 saturated carbocycles. The van der Waals surface area contributed by atoms with Gasteiger partial charge in [-0.3, -0.25) is 9.69 Å². The van der Waals surface area contributed by atoms with Crippen LogP contribution in [0.2, 0.25) is 0 Å². The summed E-state index contributed by atoms with van der Waals surface area (Å²) in [4.78, 5) is 14.4. The molecule has 0 amide bonds. The predicted molar refractivity (Wildman–Crippen MR) is 109 cm³/mol. The van der Waals surface area contributed by atoms with Gasteiger partial charge in [-0.05, 0) is 36.1 Å². The Bertz CT molecular complexity index is 1130. The van der Waals surface area contributed by atoms with Crippen LogP contribution in [-0.2, 0) is 29.7 Å².